The van der Waals surface area contributed by atoms with Crippen LogP contribution < -0.4 is 15.0 Å². The van der Waals surface area contributed by atoms with Crippen LogP contribution in [0.2, 0.25) is 0 Å². The molecule has 0 spiro atoms. The van der Waals surface area contributed by atoms with E-state index >= 15 is 0 Å². The third-order valence-electron chi connectivity index (χ3n) is 8.99. The summed E-state index contributed by atoms with van der Waals surface area (Å²) in [7, 11) is 1.61. The summed E-state index contributed by atoms with van der Waals surface area (Å²) in [6.45, 7) is 0.511. The highest BCUT2D eigenvalue weighted by Gasteiger charge is 2.53. The van der Waals surface area contributed by atoms with Gasteiger partial charge in [0.05, 0.1) is 18.4 Å². The van der Waals surface area contributed by atoms with Gasteiger partial charge in [0.25, 0.3) is 11.8 Å². The number of methoxy groups -OCH3 is 1. The van der Waals surface area contributed by atoms with Crippen LogP contribution in [0.1, 0.15) is 65.3 Å². The van der Waals surface area contributed by atoms with Crippen LogP contribution >= 0.6 is 0 Å². The third kappa shape index (κ3) is 4.67. The quantitative estimate of drug-likeness (QED) is 0.201. The maximum atomic E-state index is 14.3. The van der Waals surface area contributed by atoms with Gasteiger partial charge in [-0.3, -0.25) is 14.5 Å². The Bertz CT molecular complexity index is 1760. The number of urea groups is 1. The van der Waals surface area contributed by atoms with Crippen LogP contribution in [-0.2, 0) is 11.2 Å². The van der Waals surface area contributed by atoms with Gasteiger partial charge in [-0.05, 0) is 73.6 Å². The van der Waals surface area contributed by atoms with E-state index < -0.39 is 18.1 Å². The number of aromatic amines is 1. The Kier molecular flexibility index (Phi) is 6.97. The number of H-pyrrole nitrogens is 1. The zero-order valence-corrected chi connectivity index (χ0v) is 24.1. The van der Waals surface area contributed by atoms with Crippen molar-refractivity contribution in [3.8, 4) is 5.75 Å². The Hall–Kier alpha value is -4.85. The molecule has 2 aliphatic heterocycles. The number of nitrogens with one attached hydrogen (secondary N) is 2. The summed E-state index contributed by atoms with van der Waals surface area (Å²) in [5.74, 6) is 0.0885. The number of allylic oxidation sites excluding steroid dienone is 1. The number of nitrogens with zero attached hydrogens (tertiary/aromatic N) is 2. The van der Waals surface area contributed by atoms with Crippen molar-refractivity contribution in [3.05, 3.63) is 107 Å². The van der Waals surface area contributed by atoms with Gasteiger partial charge in [-0.2, -0.15) is 0 Å². The van der Waals surface area contributed by atoms with Crippen molar-refractivity contribution in [2.24, 2.45) is 0 Å². The van der Waals surface area contributed by atoms with E-state index in [9.17, 15) is 14.4 Å². The first-order valence-corrected chi connectivity index (χ1v) is 15.0. The number of para-hydroxylation sites is 2. The first-order valence-electron chi connectivity index (χ1n) is 15.0. The van der Waals surface area contributed by atoms with Crippen LogP contribution in [0.3, 0.4) is 0 Å². The minimum Gasteiger partial charge on any atom is -0.497 e. The summed E-state index contributed by atoms with van der Waals surface area (Å²) in [4.78, 5) is 48.4. The van der Waals surface area contributed by atoms with E-state index in [2.05, 4.69) is 16.4 Å². The van der Waals surface area contributed by atoms with E-state index in [1.165, 1.54) is 23.3 Å². The molecule has 8 heteroatoms. The normalized spacial score (nSPS) is 19.7. The Morgan fingerprint density at radius 3 is 2.58 bits per heavy atom. The molecule has 0 saturated carbocycles. The molecule has 7 rings (SSSR count). The van der Waals surface area contributed by atoms with Crippen LogP contribution in [0.25, 0.3) is 10.9 Å². The van der Waals surface area contributed by atoms with Crippen LogP contribution in [0.5, 0.6) is 5.75 Å². The summed E-state index contributed by atoms with van der Waals surface area (Å²) in [5, 5.41) is 4.06. The average Bonchev–Trinajstić information content (AvgIpc) is 3.54. The van der Waals surface area contributed by atoms with Gasteiger partial charge in [0.2, 0.25) is 0 Å². The molecule has 4 aromatic rings. The minimum absolute atomic E-state index is 0.291. The number of aromatic nitrogens is 1. The van der Waals surface area contributed by atoms with E-state index in [1.807, 2.05) is 48.5 Å². The lowest BCUT2D eigenvalue weighted by atomic mass is 9.89. The predicted octanol–water partition coefficient (Wildman–Crippen LogP) is 6.28. The number of anilines is 1. The lowest BCUT2D eigenvalue weighted by Gasteiger charge is -2.36. The number of rotatable bonds is 7. The number of carbonyl (C=O) groups excluding carboxylic acids is 3. The maximum Gasteiger partial charge on any atom is 0.332 e. The second kappa shape index (κ2) is 11.1. The van der Waals surface area contributed by atoms with E-state index in [0.29, 0.717) is 30.0 Å². The molecule has 2 N–H and O–H groups in total. The fourth-order valence-corrected chi connectivity index (χ4v) is 6.85. The van der Waals surface area contributed by atoms with Gasteiger partial charge in [0.1, 0.15) is 17.8 Å². The Morgan fingerprint density at radius 2 is 1.79 bits per heavy atom. The Labute approximate surface area is 250 Å². The van der Waals surface area contributed by atoms with Crippen molar-refractivity contribution < 1.29 is 19.1 Å². The topological polar surface area (TPSA) is 94.7 Å². The minimum atomic E-state index is -0.708. The fourth-order valence-electron chi connectivity index (χ4n) is 6.85. The average molecular weight is 575 g/mol. The van der Waals surface area contributed by atoms with Gasteiger partial charge in [0.15, 0.2) is 0 Å². The highest BCUT2D eigenvalue weighted by Crippen LogP contribution is 2.45. The van der Waals surface area contributed by atoms with Crippen molar-refractivity contribution in [3.63, 3.8) is 0 Å². The molecular weight excluding hydrogens is 540 g/mol. The maximum absolute atomic E-state index is 14.3. The van der Waals surface area contributed by atoms with Gasteiger partial charge in [-0.1, -0.05) is 54.1 Å². The first-order chi connectivity index (χ1) is 21.0. The summed E-state index contributed by atoms with van der Waals surface area (Å²) in [6, 6.07) is 20.8. The smallest absolute Gasteiger partial charge is 0.332 e. The number of ether oxygens (including phenoxy) is 1. The molecule has 43 heavy (non-hydrogen) atoms. The largest absolute Gasteiger partial charge is 0.497 e. The van der Waals surface area contributed by atoms with Crippen LogP contribution in [0, 0.1) is 0 Å². The molecule has 1 saturated heterocycles. The molecule has 3 aliphatic rings. The summed E-state index contributed by atoms with van der Waals surface area (Å²) in [5.41, 5.74) is 5.76. The molecule has 3 aromatic carbocycles. The van der Waals surface area contributed by atoms with E-state index in [-0.39, 0.29) is 11.8 Å². The molecule has 3 heterocycles. The molecule has 1 aromatic heterocycles. The van der Waals surface area contributed by atoms with Crippen molar-refractivity contribution in [2.75, 3.05) is 18.6 Å². The molecule has 4 amide bonds. The first kappa shape index (κ1) is 27.0. The second-order valence-corrected chi connectivity index (χ2v) is 11.5. The highest BCUT2D eigenvalue weighted by atomic mass is 16.5. The van der Waals surface area contributed by atoms with Gasteiger partial charge in [-0.15, -0.1) is 0 Å². The van der Waals surface area contributed by atoms with Crippen molar-refractivity contribution in [2.45, 2.75) is 50.6 Å². The number of imide groups is 1. The van der Waals surface area contributed by atoms with Crippen molar-refractivity contribution in [1.29, 1.82) is 0 Å². The molecule has 0 unspecified atom stereocenters. The van der Waals surface area contributed by atoms with Gasteiger partial charge in [0, 0.05) is 29.6 Å². The molecule has 2 atom stereocenters. The van der Waals surface area contributed by atoms with Crippen molar-refractivity contribution in [1.82, 2.24) is 15.2 Å². The number of fused-ring (bicyclic) bond motifs is 4. The van der Waals surface area contributed by atoms with Crippen LogP contribution in [-0.4, -0.2) is 47.4 Å². The SMILES string of the molecule is COc1ccc([C@@H]2c3[nH]c4ccccc4c3C[C@H]3C(=O)N(c4ccccc4C(=O)NCCC4=CCCCC4)C(=O)N23)cc1. The lowest BCUT2D eigenvalue weighted by molar-refractivity contribution is -0.120. The summed E-state index contributed by atoms with van der Waals surface area (Å²) < 4.78 is 5.38. The molecule has 1 fully saturated rings. The Balaban J connectivity index is 1.24. The third-order valence-corrected chi connectivity index (χ3v) is 8.99. The number of benzene rings is 3. The highest BCUT2D eigenvalue weighted by molar-refractivity contribution is 6.24. The zero-order chi connectivity index (χ0) is 29.5. The Morgan fingerprint density at radius 1 is 1.00 bits per heavy atom. The molecular formula is C35H34N4O4. The predicted molar refractivity (Wildman–Crippen MR) is 165 cm³/mol. The van der Waals surface area contributed by atoms with Gasteiger partial charge >= 0.3 is 6.03 Å². The van der Waals surface area contributed by atoms with Crippen LogP contribution in [0.4, 0.5) is 10.5 Å². The molecule has 1 aliphatic carbocycles. The van der Waals surface area contributed by atoms with Crippen molar-refractivity contribution >= 4 is 34.4 Å². The van der Waals surface area contributed by atoms with Crippen LogP contribution in [0.15, 0.2) is 84.4 Å². The molecule has 218 valence electrons. The van der Waals surface area contributed by atoms with E-state index in [1.54, 1.807) is 36.3 Å². The van der Waals surface area contributed by atoms with Gasteiger partial charge in [-0.25, -0.2) is 9.69 Å². The summed E-state index contributed by atoms with van der Waals surface area (Å²) in [6.07, 6.45) is 8.05. The number of amides is 4. The fraction of sp³-hybridized carbons (Fsp3) is 0.286. The monoisotopic (exact) mass is 574 g/mol. The number of hydrogen-bond donors (Lipinski definition) is 2. The number of hydrogen-bond acceptors (Lipinski definition) is 4. The second-order valence-electron chi connectivity index (χ2n) is 11.5. The number of carbonyl (C=O) groups is 3. The molecule has 0 bridgehead atoms. The van der Waals surface area contributed by atoms with E-state index in [0.717, 1.165) is 47.0 Å². The zero-order valence-electron chi connectivity index (χ0n) is 24.1. The molecule has 0 radical (unpaired) electrons. The summed E-state index contributed by atoms with van der Waals surface area (Å²) >= 11 is 0. The molecule has 8 nitrogen and oxygen atoms in total. The van der Waals surface area contributed by atoms with E-state index in [4.69, 9.17) is 4.74 Å². The van der Waals surface area contributed by atoms with Gasteiger partial charge < -0.3 is 15.0 Å². The standard InChI is InChI=1S/C35H34N4O4/c1-43-24-17-15-23(16-18-24)32-31-27(25-11-5-7-13-28(25)37-31)21-30-34(41)39(35(42)38(30)32)29-14-8-6-12-26(29)33(40)36-20-19-22-9-3-2-4-10-22/h5-9,11-18,30,32,37H,2-4,10,19-21H2,1H3,(H,36,40)/t30-,32+/m0/s1. The lowest BCUT2D eigenvalue weighted by Crippen LogP contribution is -2.44.